The van der Waals surface area contributed by atoms with Crippen molar-refractivity contribution >= 4 is 5.96 Å². The molecule has 1 heterocycles. The Bertz CT molecular complexity index is 742. The van der Waals surface area contributed by atoms with E-state index in [-0.39, 0.29) is 6.10 Å². The molecule has 1 aromatic heterocycles. The fourth-order valence-electron chi connectivity index (χ4n) is 2.35. The number of hydrogen-bond acceptors (Lipinski definition) is 4. The number of nitrogens with one attached hydrogen (secondary N) is 2. The van der Waals surface area contributed by atoms with E-state index in [4.69, 9.17) is 9.47 Å². The number of para-hydroxylation sites is 1. The molecule has 2 N–H and O–H groups in total. The van der Waals surface area contributed by atoms with Crippen LogP contribution in [0.15, 0.2) is 60.2 Å². The average molecular weight is 368 g/mol. The second-order valence-corrected chi connectivity index (χ2v) is 6.16. The Kier molecular flexibility index (Phi) is 8.16. The fraction of sp³-hybridized carbons (Fsp3) is 0.333. The molecule has 6 heteroatoms. The summed E-state index contributed by atoms with van der Waals surface area (Å²) in [7, 11) is 1.74. The predicted molar refractivity (Wildman–Crippen MR) is 109 cm³/mol. The van der Waals surface area contributed by atoms with E-state index < -0.39 is 0 Å². The minimum atomic E-state index is 0.114. The molecule has 0 unspecified atom stereocenters. The number of aromatic nitrogens is 1. The number of nitrogens with zero attached hydrogens (tertiary/aromatic N) is 2. The van der Waals surface area contributed by atoms with Crippen molar-refractivity contribution in [2.45, 2.75) is 33.0 Å². The third-order valence-corrected chi connectivity index (χ3v) is 3.61. The van der Waals surface area contributed by atoms with Gasteiger partial charge in [0.1, 0.15) is 12.4 Å². The highest BCUT2D eigenvalue weighted by Crippen LogP contribution is 2.17. The first-order valence-electron chi connectivity index (χ1n) is 9.00. The van der Waals surface area contributed by atoms with E-state index in [9.17, 15) is 0 Å². The SMILES string of the molecule is C=CCOc1ccccc1CNC(=NC)NCc1ccc(OC(C)C)nc1. The Morgan fingerprint density at radius 1 is 1.19 bits per heavy atom. The summed E-state index contributed by atoms with van der Waals surface area (Å²) in [5, 5.41) is 6.58. The zero-order chi connectivity index (χ0) is 19.5. The Morgan fingerprint density at radius 3 is 2.63 bits per heavy atom. The van der Waals surface area contributed by atoms with Crippen molar-refractivity contribution in [3.05, 3.63) is 66.4 Å². The first kappa shape index (κ1) is 20.3. The van der Waals surface area contributed by atoms with Crippen LogP contribution in [0.2, 0.25) is 0 Å². The fourth-order valence-corrected chi connectivity index (χ4v) is 2.35. The molecule has 0 aliphatic rings. The summed E-state index contributed by atoms with van der Waals surface area (Å²) in [6, 6.07) is 11.8. The Balaban J connectivity index is 1.87. The Labute approximate surface area is 161 Å². The van der Waals surface area contributed by atoms with Crippen molar-refractivity contribution in [3.8, 4) is 11.6 Å². The number of pyridine rings is 1. The van der Waals surface area contributed by atoms with E-state index in [1.165, 1.54) is 0 Å². The van der Waals surface area contributed by atoms with E-state index in [2.05, 4.69) is 27.2 Å². The second-order valence-electron chi connectivity index (χ2n) is 6.16. The molecule has 0 bridgehead atoms. The maximum atomic E-state index is 5.68. The topological polar surface area (TPSA) is 67.8 Å². The van der Waals surface area contributed by atoms with Gasteiger partial charge < -0.3 is 20.1 Å². The van der Waals surface area contributed by atoms with E-state index in [1.54, 1.807) is 19.3 Å². The molecule has 1 aromatic carbocycles. The predicted octanol–water partition coefficient (Wildman–Crippen LogP) is 3.30. The van der Waals surface area contributed by atoms with Gasteiger partial charge in [-0.15, -0.1) is 0 Å². The lowest BCUT2D eigenvalue weighted by molar-refractivity contribution is 0.232. The maximum absolute atomic E-state index is 5.68. The molecule has 0 aliphatic carbocycles. The van der Waals surface area contributed by atoms with E-state index in [1.807, 2.05) is 50.2 Å². The third-order valence-electron chi connectivity index (χ3n) is 3.61. The lowest BCUT2D eigenvalue weighted by Crippen LogP contribution is -2.36. The van der Waals surface area contributed by atoms with Crippen LogP contribution in [0.5, 0.6) is 11.6 Å². The summed E-state index contributed by atoms with van der Waals surface area (Å²) in [5.74, 6) is 2.17. The van der Waals surface area contributed by atoms with Crippen LogP contribution < -0.4 is 20.1 Å². The molecular weight excluding hydrogens is 340 g/mol. The molecule has 0 fully saturated rings. The number of ether oxygens (including phenoxy) is 2. The van der Waals surface area contributed by atoms with Crippen LogP contribution in [0.3, 0.4) is 0 Å². The van der Waals surface area contributed by atoms with Crippen LogP contribution in [-0.4, -0.2) is 30.7 Å². The minimum Gasteiger partial charge on any atom is -0.489 e. The van der Waals surface area contributed by atoms with Gasteiger partial charge in [0.05, 0.1) is 6.10 Å². The normalized spacial score (nSPS) is 11.2. The summed E-state index contributed by atoms with van der Waals surface area (Å²) < 4.78 is 11.2. The van der Waals surface area contributed by atoms with Gasteiger partial charge in [-0.3, -0.25) is 4.99 Å². The van der Waals surface area contributed by atoms with Crippen LogP contribution in [0.25, 0.3) is 0 Å². The largest absolute Gasteiger partial charge is 0.489 e. The number of hydrogen-bond donors (Lipinski definition) is 2. The number of guanidine groups is 1. The smallest absolute Gasteiger partial charge is 0.213 e. The van der Waals surface area contributed by atoms with Gasteiger partial charge in [-0.25, -0.2) is 4.98 Å². The monoisotopic (exact) mass is 368 g/mol. The van der Waals surface area contributed by atoms with Crippen LogP contribution in [0.4, 0.5) is 0 Å². The highest BCUT2D eigenvalue weighted by molar-refractivity contribution is 5.79. The van der Waals surface area contributed by atoms with Crippen molar-refractivity contribution in [2.75, 3.05) is 13.7 Å². The number of aliphatic imine (C=N–C) groups is 1. The molecule has 0 aliphatic heterocycles. The summed E-state index contributed by atoms with van der Waals surface area (Å²) in [4.78, 5) is 8.57. The molecule has 0 saturated carbocycles. The van der Waals surface area contributed by atoms with Crippen molar-refractivity contribution < 1.29 is 9.47 Å². The molecule has 27 heavy (non-hydrogen) atoms. The number of benzene rings is 1. The van der Waals surface area contributed by atoms with Crippen molar-refractivity contribution in [2.24, 2.45) is 4.99 Å². The first-order chi connectivity index (χ1) is 13.1. The summed E-state index contributed by atoms with van der Waals surface area (Å²) in [6.45, 7) is 9.34. The zero-order valence-corrected chi connectivity index (χ0v) is 16.2. The lowest BCUT2D eigenvalue weighted by Gasteiger charge is -2.14. The van der Waals surface area contributed by atoms with Gasteiger partial charge in [-0.1, -0.05) is 36.9 Å². The first-order valence-corrected chi connectivity index (χ1v) is 9.00. The molecule has 2 aromatic rings. The lowest BCUT2D eigenvalue weighted by atomic mass is 10.2. The van der Waals surface area contributed by atoms with E-state index >= 15 is 0 Å². The Morgan fingerprint density at radius 2 is 1.96 bits per heavy atom. The standard InChI is InChI=1S/C21H28N4O2/c1-5-12-26-19-9-7-6-8-18(19)15-25-21(22-4)24-14-17-10-11-20(23-13-17)27-16(2)3/h5-11,13,16H,1,12,14-15H2,2-4H3,(H2,22,24,25). The average Bonchev–Trinajstić information content (AvgIpc) is 2.68. The summed E-state index contributed by atoms with van der Waals surface area (Å²) in [5.41, 5.74) is 2.10. The van der Waals surface area contributed by atoms with Gasteiger partial charge in [0.2, 0.25) is 5.88 Å². The summed E-state index contributed by atoms with van der Waals surface area (Å²) in [6.07, 6.45) is 3.65. The van der Waals surface area contributed by atoms with Gasteiger partial charge in [-0.05, 0) is 25.5 Å². The molecular formula is C21H28N4O2. The highest BCUT2D eigenvalue weighted by Gasteiger charge is 2.05. The molecule has 144 valence electrons. The highest BCUT2D eigenvalue weighted by atomic mass is 16.5. The molecule has 0 saturated heterocycles. The third kappa shape index (κ3) is 7.01. The van der Waals surface area contributed by atoms with Crippen molar-refractivity contribution in [1.29, 1.82) is 0 Å². The van der Waals surface area contributed by atoms with Gasteiger partial charge in [-0.2, -0.15) is 0 Å². The molecule has 0 spiro atoms. The van der Waals surface area contributed by atoms with Gasteiger partial charge >= 0.3 is 0 Å². The van der Waals surface area contributed by atoms with Gasteiger partial charge in [0.15, 0.2) is 5.96 Å². The maximum Gasteiger partial charge on any atom is 0.213 e. The molecule has 6 nitrogen and oxygen atoms in total. The zero-order valence-electron chi connectivity index (χ0n) is 16.2. The molecule has 0 radical (unpaired) electrons. The summed E-state index contributed by atoms with van der Waals surface area (Å²) >= 11 is 0. The van der Waals surface area contributed by atoms with Gasteiger partial charge in [0, 0.05) is 38.0 Å². The van der Waals surface area contributed by atoms with Crippen LogP contribution in [-0.2, 0) is 13.1 Å². The Hall–Kier alpha value is -3.02. The van der Waals surface area contributed by atoms with Crippen LogP contribution in [0.1, 0.15) is 25.0 Å². The number of rotatable bonds is 9. The van der Waals surface area contributed by atoms with Crippen molar-refractivity contribution in [3.63, 3.8) is 0 Å². The molecule has 0 atom stereocenters. The molecule has 0 amide bonds. The van der Waals surface area contributed by atoms with Crippen LogP contribution >= 0.6 is 0 Å². The van der Waals surface area contributed by atoms with E-state index in [0.29, 0.717) is 31.5 Å². The minimum absolute atomic E-state index is 0.114. The van der Waals surface area contributed by atoms with Crippen molar-refractivity contribution in [1.82, 2.24) is 15.6 Å². The van der Waals surface area contributed by atoms with Crippen LogP contribution in [0, 0.1) is 0 Å². The quantitative estimate of drug-likeness (QED) is 0.404. The molecule has 2 rings (SSSR count). The second kappa shape index (κ2) is 10.9. The van der Waals surface area contributed by atoms with E-state index in [0.717, 1.165) is 16.9 Å². The van der Waals surface area contributed by atoms with Gasteiger partial charge in [0.25, 0.3) is 0 Å².